The zero-order chi connectivity index (χ0) is 15.3. The molecule has 6 heteroatoms. The van der Waals surface area contributed by atoms with Gasteiger partial charge in [-0.25, -0.2) is 9.59 Å². The van der Waals surface area contributed by atoms with Gasteiger partial charge in [0.1, 0.15) is 0 Å². The summed E-state index contributed by atoms with van der Waals surface area (Å²) in [5.74, 6) is -0.807. The van der Waals surface area contributed by atoms with Crippen LogP contribution >= 0.6 is 11.6 Å². The second-order valence-corrected chi connectivity index (χ2v) is 5.26. The van der Waals surface area contributed by atoms with Gasteiger partial charge in [-0.05, 0) is 30.5 Å². The first-order chi connectivity index (χ1) is 9.35. The van der Waals surface area contributed by atoms with Crippen LogP contribution in [0.4, 0.5) is 10.5 Å². The summed E-state index contributed by atoms with van der Waals surface area (Å²) in [6.07, 6.45) is 0.825. The topological polar surface area (TPSA) is 78.4 Å². The van der Waals surface area contributed by atoms with Gasteiger partial charge in [0.2, 0.25) is 0 Å². The molecule has 0 aliphatic carbocycles. The molecule has 0 aliphatic heterocycles. The van der Waals surface area contributed by atoms with Gasteiger partial charge in [-0.1, -0.05) is 32.4 Å². The fourth-order valence-electron chi connectivity index (χ4n) is 1.84. The zero-order valence-electron chi connectivity index (χ0n) is 11.7. The molecule has 20 heavy (non-hydrogen) atoms. The van der Waals surface area contributed by atoms with Gasteiger partial charge in [0.15, 0.2) is 0 Å². The molecular formula is C14H19ClN2O3. The lowest BCUT2D eigenvalue weighted by molar-refractivity contribution is 0.0697. The highest BCUT2D eigenvalue weighted by Crippen LogP contribution is 2.20. The number of rotatable bonds is 5. The van der Waals surface area contributed by atoms with Crippen molar-refractivity contribution in [1.82, 2.24) is 5.32 Å². The Labute approximate surface area is 123 Å². The lowest BCUT2D eigenvalue weighted by atomic mass is 10.0. The molecule has 0 radical (unpaired) electrons. The van der Waals surface area contributed by atoms with E-state index in [-0.39, 0.29) is 22.7 Å². The number of aromatic carboxylic acids is 1. The minimum Gasteiger partial charge on any atom is -0.478 e. The minimum absolute atomic E-state index is 0.0413. The van der Waals surface area contributed by atoms with Crippen LogP contribution in [0.25, 0.3) is 0 Å². The van der Waals surface area contributed by atoms with Crippen LogP contribution in [0.2, 0.25) is 5.02 Å². The van der Waals surface area contributed by atoms with Crippen molar-refractivity contribution in [3.63, 3.8) is 0 Å². The maximum atomic E-state index is 11.8. The summed E-state index contributed by atoms with van der Waals surface area (Å²) in [6.45, 7) is 6.05. The van der Waals surface area contributed by atoms with Gasteiger partial charge in [-0.15, -0.1) is 0 Å². The fourth-order valence-corrected chi connectivity index (χ4v) is 2.04. The molecular weight excluding hydrogens is 280 g/mol. The van der Waals surface area contributed by atoms with E-state index in [1.807, 2.05) is 20.8 Å². The molecule has 3 N–H and O–H groups in total. The average molecular weight is 299 g/mol. The molecule has 0 bridgehead atoms. The number of hydrogen-bond acceptors (Lipinski definition) is 2. The third-order valence-electron chi connectivity index (χ3n) is 3.02. The van der Waals surface area contributed by atoms with E-state index in [4.69, 9.17) is 16.7 Å². The number of carboxylic acid groups (broad SMARTS) is 1. The number of halogens is 1. The van der Waals surface area contributed by atoms with E-state index in [0.717, 1.165) is 6.42 Å². The summed E-state index contributed by atoms with van der Waals surface area (Å²) in [6, 6.07) is 4.05. The van der Waals surface area contributed by atoms with Crippen LogP contribution in [0.15, 0.2) is 18.2 Å². The first kappa shape index (κ1) is 16.3. The van der Waals surface area contributed by atoms with Crippen molar-refractivity contribution in [3.05, 3.63) is 28.8 Å². The average Bonchev–Trinajstić information content (AvgIpc) is 2.37. The quantitative estimate of drug-likeness (QED) is 0.777. The number of hydrogen-bond donors (Lipinski definition) is 3. The van der Waals surface area contributed by atoms with Gasteiger partial charge in [0, 0.05) is 11.7 Å². The Kier molecular flexibility index (Phi) is 5.82. The summed E-state index contributed by atoms with van der Waals surface area (Å²) in [5.41, 5.74) is 0.350. The maximum absolute atomic E-state index is 11.8. The van der Waals surface area contributed by atoms with Crippen molar-refractivity contribution in [1.29, 1.82) is 0 Å². The van der Waals surface area contributed by atoms with Crippen LogP contribution in [0, 0.1) is 5.92 Å². The second-order valence-electron chi connectivity index (χ2n) is 4.86. The van der Waals surface area contributed by atoms with Crippen molar-refractivity contribution in [2.24, 2.45) is 5.92 Å². The standard InChI is InChI=1S/C14H19ClN2O3/c1-4-12(8(2)3)17-14(20)16-9-5-6-11(15)10(7-9)13(18)19/h5-8,12H,4H2,1-3H3,(H,18,19)(H2,16,17,20). The zero-order valence-corrected chi connectivity index (χ0v) is 12.5. The Morgan fingerprint density at radius 2 is 2.00 bits per heavy atom. The van der Waals surface area contributed by atoms with E-state index < -0.39 is 5.97 Å². The Morgan fingerprint density at radius 3 is 2.50 bits per heavy atom. The third-order valence-corrected chi connectivity index (χ3v) is 3.35. The molecule has 0 spiro atoms. The van der Waals surface area contributed by atoms with Crippen molar-refractivity contribution < 1.29 is 14.7 Å². The Hall–Kier alpha value is -1.75. The molecule has 0 saturated carbocycles. The van der Waals surface area contributed by atoms with Crippen molar-refractivity contribution in [2.45, 2.75) is 33.2 Å². The number of amides is 2. The molecule has 5 nitrogen and oxygen atoms in total. The van der Waals surface area contributed by atoms with Gasteiger partial charge < -0.3 is 15.7 Å². The number of carbonyl (C=O) groups excluding carboxylic acids is 1. The van der Waals surface area contributed by atoms with Crippen LogP contribution in [-0.4, -0.2) is 23.1 Å². The highest BCUT2D eigenvalue weighted by atomic mass is 35.5. The predicted molar refractivity (Wildman–Crippen MR) is 79.5 cm³/mol. The van der Waals surface area contributed by atoms with Crippen molar-refractivity contribution >= 4 is 29.3 Å². The Balaban J connectivity index is 2.76. The number of urea groups is 1. The Morgan fingerprint density at radius 1 is 1.35 bits per heavy atom. The van der Waals surface area contributed by atoms with E-state index in [1.54, 1.807) is 6.07 Å². The highest BCUT2D eigenvalue weighted by molar-refractivity contribution is 6.33. The van der Waals surface area contributed by atoms with Crippen LogP contribution in [0.3, 0.4) is 0 Å². The van der Waals surface area contributed by atoms with E-state index >= 15 is 0 Å². The molecule has 0 aliphatic rings. The summed E-state index contributed by atoms with van der Waals surface area (Å²) >= 11 is 5.77. The van der Waals surface area contributed by atoms with Crippen LogP contribution < -0.4 is 10.6 Å². The van der Waals surface area contributed by atoms with Crippen molar-refractivity contribution in [3.8, 4) is 0 Å². The molecule has 1 aromatic carbocycles. The van der Waals surface area contributed by atoms with E-state index in [0.29, 0.717) is 11.6 Å². The van der Waals surface area contributed by atoms with Gasteiger partial charge in [0.25, 0.3) is 0 Å². The molecule has 1 unspecified atom stereocenters. The van der Waals surface area contributed by atoms with Crippen molar-refractivity contribution in [2.75, 3.05) is 5.32 Å². The SMILES string of the molecule is CCC(NC(=O)Nc1ccc(Cl)c(C(=O)O)c1)C(C)C. The van der Waals surface area contributed by atoms with E-state index in [9.17, 15) is 9.59 Å². The van der Waals surface area contributed by atoms with E-state index in [2.05, 4.69) is 10.6 Å². The smallest absolute Gasteiger partial charge is 0.337 e. The first-order valence-corrected chi connectivity index (χ1v) is 6.83. The maximum Gasteiger partial charge on any atom is 0.337 e. The molecule has 1 atom stereocenters. The predicted octanol–water partition coefficient (Wildman–Crippen LogP) is 3.59. The molecule has 2 amide bonds. The summed E-state index contributed by atoms with van der Waals surface area (Å²) in [7, 11) is 0. The second kappa shape index (κ2) is 7.14. The summed E-state index contributed by atoms with van der Waals surface area (Å²) in [4.78, 5) is 22.8. The molecule has 1 aromatic rings. The fraction of sp³-hybridized carbons (Fsp3) is 0.429. The highest BCUT2D eigenvalue weighted by Gasteiger charge is 2.15. The third kappa shape index (κ3) is 4.42. The molecule has 0 fully saturated rings. The van der Waals surface area contributed by atoms with Gasteiger partial charge in [0.05, 0.1) is 10.6 Å². The lowest BCUT2D eigenvalue weighted by Crippen LogP contribution is -2.40. The lowest BCUT2D eigenvalue weighted by Gasteiger charge is -2.21. The molecule has 1 rings (SSSR count). The van der Waals surface area contributed by atoms with E-state index in [1.165, 1.54) is 12.1 Å². The summed E-state index contributed by atoms with van der Waals surface area (Å²) in [5, 5.41) is 14.6. The van der Waals surface area contributed by atoms with Gasteiger partial charge in [-0.2, -0.15) is 0 Å². The van der Waals surface area contributed by atoms with Crippen LogP contribution in [0.5, 0.6) is 0 Å². The Bertz CT molecular complexity index is 503. The number of anilines is 1. The molecule has 0 heterocycles. The number of nitrogens with one attached hydrogen (secondary N) is 2. The molecule has 0 aromatic heterocycles. The summed E-state index contributed by atoms with van der Waals surface area (Å²) < 4.78 is 0. The molecule has 0 saturated heterocycles. The monoisotopic (exact) mass is 298 g/mol. The number of carbonyl (C=O) groups is 2. The van der Waals surface area contributed by atoms with Gasteiger partial charge in [-0.3, -0.25) is 0 Å². The minimum atomic E-state index is -1.13. The number of benzene rings is 1. The first-order valence-electron chi connectivity index (χ1n) is 6.45. The largest absolute Gasteiger partial charge is 0.478 e. The van der Waals surface area contributed by atoms with Crippen LogP contribution in [-0.2, 0) is 0 Å². The van der Waals surface area contributed by atoms with Gasteiger partial charge >= 0.3 is 12.0 Å². The molecule has 110 valence electrons. The van der Waals surface area contributed by atoms with Crippen LogP contribution in [0.1, 0.15) is 37.6 Å². The number of carboxylic acids is 1. The normalized spacial score (nSPS) is 12.1.